The first kappa shape index (κ1) is 14.0. The van der Waals surface area contributed by atoms with Gasteiger partial charge in [0, 0.05) is 5.56 Å². The van der Waals surface area contributed by atoms with Crippen molar-refractivity contribution in [2.75, 3.05) is 7.11 Å². The van der Waals surface area contributed by atoms with Gasteiger partial charge in [0.15, 0.2) is 0 Å². The highest BCUT2D eigenvalue weighted by Crippen LogP contribution is 2.24. The van der Waals surface area contributed by atoms with Gasteiger partial charge in [0.05, 0.1) is 7.11 Å². The number of aryl methyl sites for hydroxylation is 1. The molecule has 0 saturated carbocycles. The molecule has 112 valence electrons. The lowest BCUT2D eigenvalue weighted by Crippen LogP contribution is -2.27. The van der Waals surface area contributed by atoms with Gasteiger partial charge in [-0.15, -0.1) is 0 Å². The number of methoxy groups -OCH3 is 1. The third-order valence-corrected chi connectivity index (χ3v) is 3.33. The number of aromatic nitrogens is 3. The average Bonchev–Trinajstić information content (AvgIpc) is 2.95. The summed E-state index contributed by atoms with van der Waals surface area (Å²) in [5.74, 6) is -0.141. The second kappa shape index (κ2) is 5.44. The minimum atomic E-state index is -0.533. The molecule has 0 radical (unpaired) electrons. The monoisotopic (exact) mass is 299 g/mol. The van der Waals surface area contributed by atoms with E-state index in [9.17, 15) is 9.59 Å². The molecule has 2 heterocycles. The van der Waals surface area contributed by atoms with Crippen molar-refractivity contribution in [3.05, 3.63) is 46.5 Å². The molecule has 0 aliphatic rings. The van der Waals surface area contributed by atoms with Crippen LogP contribution in [-0.4, -0.2) is 27.8 Å². The summed E-state index contributed by atoms with van der Waals surface area (Å²) in [7, 11) is 1.26. The van der Waals surface area contributed by atoms with E-state index in [0.29, 0.717) is 17.0 Å². The predicted molar refractivity (Wildman–Crippen MR) is 78.3 cm³/mol. The zero-order valence-electron chi connectivity index (χ0n) is 12.1. The van der Waals surface area contributed by atoms with Gasteiger partial charge in [0.2, 0.25) is 0 Å². The van der Waals surface area contributed by atoms with Gasteiger partial charge in [-0.2, -0.15) is 0 Å². The van der Waals surface area contributed by atoms with Crippen LogP contribution in [0.5, 0.6) is 0 Å². The molecule has 1 aromatic carbocycles. The molecule has 0 fully saturated rings. The van der Waals surface area contributed by atoms with Gasteiger partial charge in [-0.3, -0.25) is 14.2 Å². The maximum atomic E-state index is 12.4. The summed E-state index contributed by atoms with van der Waals surface area (Å²) in [6, 6.07) is 9.32. The molecule has 0 spiro atoms. The fourth-order valence-electron chi connectivity index (χ4n) is 2.19. The second-order valence-electron chi connectivity index (χ2n) is 4.70. The average molecular weight is 299 g/mol. The first-order valence-corrected chi connectivity index (χ1v) is 6.61. The number of carbonyl (C=O) groups excluding carboxylic acids is 1. The second-order valence-corrected chi connectivity index (χ2v) is 4.70. The molecule has 0 amide bonds. The molecule has 0 atom stereocenters. The molecule has 0 unspecified atom stereocenters. The van der Waals surface area contributed by atoms with E-state index >= 15 is 0 Å². The minimum Gasteiger partial charge on any atom is -0.468 e. The molecule has 3 rings (SSSR count). The number of fused-ring (bicyclic) bond motifs is 1. The highest BCUT2D eigenvalue weighted by atomic mass is 16.5. The topological polar surface area (TPSA) is 87.2 Å². The number of hydrogen-bond donors (Lipinski definition) is 0. The van der Waals surface area contributed by atoms with Crippen molar-refractivity contribution in [3.63, 3.8) is 0 Å². The maximum absolute atomic E-state index is 12.4. The van der Waals surface area contributed by atoms with Crippen molar-refractivity contribution in [3.8, 4) is 11.3 Å². The maximum Gasteiger partial charge on any atom is 0.325 e. The summed E-state index contributed by atoms with van der Waals surface area (Å²) in [4.78, 5) is 28.2. The summed E-state index contributed by atoms with van der Waals surface area (Å²) in [6.45, 7) is 1.43. The van der Waals surface area contributed by atoms with Crippen LogP contribution in [-0.2, 0) is 16.1 Å². The number of rotatable bonds is 3. The smallest absolute Gasteiger partial charge is 0.325 e. The van der Waals surface area contributed by atoms with Crippen LogP contribution >= 0.6 is 0 Å². The molecular weight excluding hydrogens is 286 g/mol. The largest absolute Gasteiger partial charge is 0.468 e. The molecule has 7 heteroatoms. The molecule has 0 saturated heterocycles. The number of hydrogen-bond acceptors (Lipinski definition) is 6. The Kier molecular flexibility index (Phi) is 3.46. The van der Waals surface area contributed by atoms with Gasteiger partial charge in [-0.05, 0) is 6.92 Å². The predicted octanol–water partition coefficient (Wildman–Crippen LogP) is 1.53. The van der Waals surface area contributed by atoms with Crippen molar-refractivity contribution < 1.29 is 14.1 Å². The van der Waals surface area contributed by atoms with Crippen molar-refractivity contribution in [1.82, 2.24) is 14.7 Å². The summed E-state index contributed by atoms with van der Waals surface area (Å²) >= 11 is 0. The highest BCUT2D eigenvalue weighted by Gasteiger charge is 2.19. The van der Waals surface area contributed by atoms with Gasteiger partial charge in [0.1, 0.15) is 23.6 Å². The Morgan fingerprint density at radius 1 is 1.32 bits per heavy atom. The Bertz CT molecular complexity index is 896. The zero-order chi connectivity index (χ0) is 15.7. The minimum absolute atomic E-state index is 0.0216. The summed E-state index contributed by atoms with van der Waals surface area (Å²) < 4.78 is 10.9. The van der Waals surface area contributed by atoms with Crippen molar-refractivity contribution in [2.24, 2.45) is 0 Å². The zero-order valence-corrected chi connectivity index (χ0v) is 12.1. The van der Waals surface area contributed by atoms with Gasteiger partial charge in [-0.25, -0.2) is 4.98 Å². The van der Waals surface area contributed by atoms with Crippen LogP contribution in [0, 0.1) is 6.92 Å². The lowest BCUT2D eigenvalue weighted by Gasteiger charge is -2.07. The van der Waals surface area contributed by atoms with E-state index in [1.807, 2.05) is 30.3 Å². The van der Waals surface area contributed by atoms with Crippen LogP contribution in [0.2, 0.25) is 0 Å². The van der Waals surface area contributed by atoms with Crippen LogP contribution in [0.25, 0.3) is 22.4 Å². The first-order valence-electron chi connectivity index (χ1n) is 6.61. The Hall–Kier alpha value is -2.96. The number of carbonyl (C=O) groups is 1. The van der Waals surface area contributed by atoms with Gasteiger partial charge in [-0.1, -0.05) is 35.5 Å². The highest BCUT2D eigenvalue weighted by molar-refractivity contribution is 5.87. The number of ether oxygens (including phenoxy) is 1. The number of esters is 1. The van der Waals surface area contributed by atoms with E-state index in [1.54, 1.807) is 6.92 Å². The third kappa shape index (κ3) is 2.26. The number of nitrogens with zero attached hydrogens (tertiary/aromatic N) is 3. The first-order chi connectivity index (χ1) is 10.6. The molecule has 3 aromatic rings. The Balaban J connectivity index is 2.19. The Morgan fingerprint density at radius 2 is 2.05 bits per heavy atom. The van der Waals surface area contributed by atoms with Crippen LogP contribution in [0.1, 0.15) is 5.82 Å². The summed E-state index contributed by atoms with van der Waals surface area (Å²) in [6.07, 6.45) is 0. The summed E-state index contributed by atoms with van der Waals surface area (Å²) in [5.41, 5.74) is 1.25. The standard InChI is InChI=1S/C15H13N3O4/c1-9-16-13-12(10-6-4-3-5-7-10)17-22-14(13)15(20)18(9)8-11(19)21-2/h3-7H,8H2,1-2H3. The van der Waals surface area contributed by atoms with Crippen LogP contribution in [0.3, 0.4) is 0 Å². The molecule has 7 nitrogen and oxygen atoms in total. The fourth-order valence-corrected chi connectivity index (χ4v) is 2.19. The normalized spacial score (nSPS) is 10.8. The lowest BCUT2D eigenvalue weighted by atomic mass is 10.1. The molecule has 0 N–H and O–H groups in total. The van der Waals surface area contributed by atoms with Crippen LogP contribution in [0.4, 0.5) is 0 Å². The Morgan fingerprint density at radius 3 is 2.73 bits per heavy atom. The molecule has 0 bridgehead atoms. The van der Waals surface area contributed by atoms with Crippen molar-refractivity contribution in [1.29, 1.82) is 0 Å². The third-order valence-electron chi connectivity index (χ3n) is 3.33. The van der Waals surface area contributed by atoms with Gasteiger partial charge in [0.25, 0.3) is 5.58 Å². The molecule has 0 aliphatic carbocycles. The molecular formula is C15H13N3O4. The molecule has 22 heavy (non-hydrogen) atoms. The molecule has 0 aliphatic heterocycles. The van der Waals surface area contributed by atoms with E-state index in [4.69, 9.17) is 4.52 Å². The van der Waals surface area contributed by atoms with Crippen molar-refractivity contribution >= 4 is 17.1 Å². The van der Waals surface area contributed by atoms with Crippen LogP contribution < -0.4 is 5.56 Å². The van der Waals surface area contributed by atoms with E-state index < -0.39 is 11.5 Å². The van der Waals surface area contributed by atoms with E-state index in [-0.39, 0.29) is 12.1 Å². The van der Waals surface area contributed by atoms with E-state index in [2.05, 4.69) is 14.9 Å². The number of benzene rings is 1. The van der Waals surface area contributed by atoms with E-state index in [1.165, 1.54) is 11.7 Å². The van der Waals surface area contributed by atoms with Gasteiger partial charge < -0.3 is 9.26 Å². The fraction of sp³-hybridized carbons (Fsp3) is 0.200. The molecule has 2 aromatic heterocycles. The van der Waals surface area contributed by atoms with Crippen molar-refractivity contribution in [2.45, 2.75) is 13.5 Å². The van der Waals surface area contributed by atoms with Crippen LogP contribution in [0.15, 0.2) is 39.6 Å². The van der Waals surface area contributed by atoms with Gasteiger partial charge >= 0.3 is 11.5 Å². The summed E-state index contributed by atoms with van der Waals surface area (Å²) in [5, 5.41) is 3.94. The quantitative estimate of drug-likeness (QED) is 0.682. The SMILES string of the molecule is COC(=O)Cn1c(C)nc2c(-c3ccccc3)noc2c1=O. The Labute approximate surface area is 125 Å². The lowest BCUT2D eigenvalue weighted by molar-refractivity contribution is -0.141. The van der Waals surface area contributed by atoms with E-state index in [0.717, 1.165) is 5.56 Å².